The monoisotopic (exact) mass is 306 g/mol. The number of ether oxygens (including phenoxy) is 1. The Morgan fingerprint density at radius 3 is 2.36 bits per heavy atom. The van der Waals surface area contributed by atoms with Crippen LogP contribution in [0.1, 0.15) is 44.0 Å². The average Bonchev–Trinajstić information content (AvgIpc) is 2.47. The zero-order valence-electron chi connectivity index (χ0n) is 13.1. The Morgan fingerprint density at radius 2 is 1.82 bits per heavy atom. The minimum atomic E-state index is -0.629. The average molecular weight is 306 g/mol. The molecule has 0 aliphatic heterocycles. The molecule has 0 aromatic heterocycles. The zero-order chi connectivity index (χ0) is 16.5. The van der Waals surface area contributed by atoms with Crippen LogP contribution >= 0.6 is 0 Å². The highest BCUT2D eigenvalue weighted by molar-refractivity contribution is 5.97. The molecule has 6 heteroatoms. The summed E-state index contributed by atoms with van der Waals surface area (Å²) < 4.78 is 5.10. The van der Waals surface area contributed by atoms with Gasteiger partial charge in [-0.05, 0) is 37.6 Å². The van der Waals surface area contributed by atoms with Crippen molar-refractivity contribution in [2.24, 2.45) is 0 Å². The fraction of sp³-hybridized carbons (Fsp3) is 0.438. The highest BCUT2D eigenvalue weighted by Gasteiger charge is 2.14. The van der Waals surface area contributed by atoms with E-state index in [-0.39, 0.29) is 17.8 Å². The molecule has 6 nitrogen and oxygen atoms in total. The second-order valence-corrected chi connectivity index (χ2v) is 4.98. The van der Waals surface area contributed by atoms with Gasteiger partial charge >= 0.3 is 5.97 Å². The van der Waals surface area contributed by atoms with Crippen LogP contribution < -0.4 is 10.6 Å². The number of rotatable bonds is 7. The van der Waals surface area contributed by atoms with Crippen LogP contribution in [0.4, 0.5) is 5.69 Å². The lowest BCUT2D eigenvalue weighted by atomic mass is 10.2. The van der Waals surface area contributed by atoms with Crippen molar-refractivity contribution in [3.05, 3.63) is 29.8 Å². The summed E-state index contributed by atoms with van der Waals surface area (Å²) in [4.78, 5) is 34.4. The molecule has 1 rings (SSSR count). The Morgan fingerprint density at radius 1 is 1.18 bits per heavy atom. The largest absolute Gasteiger partial charge is 0.462 e. The zero-order valence-corrected chi connectivity index (χ0v) is 13.1. The fourth-order valence-corrected chi connectivity index (χ4v) is 1.70. The number of unbranched alkanes of at least 4 members (excludes halogenated alkanes) is 1. The van der Waals surface area contributed by atoms with E-state index in [2.05, 4.69) is 10.6 Å². The Kier molecular flexibility index (Phi) is 7.08. The number of carbonyl (C=O) groups is 3. The first-order valence-corrected chi connectivity index (χ1v) is 7.29. The van der Waals surface area contributed by atoms with Crippen molar-refractivity contribution in [3.8, 4) is 0 Å². The molecule has 0 aliphatic rings. The van der Waals surface area contributed by atoms with Gasteiger partial charge in [-0.1, -0.05) is 13.3 Å². The molecule has 0 radical (unpaired) electrons. The molecule has 1 atom stereocenters. The smallest absolute Gasteiger partial charge is 0.338 e. The Hall–Kier alpha value is -2.37. The third kappa shape index (κ3) is 5.95. The quantitative estimate of drug-likeness (QED) is 0.597. The molecule has 0 saturated carbocycles. The third-order valence-electron chi connectivity index (χ3n) is 2.93. The highest BCUT2D eigenvalue weighted by Crippen LogP contribution is 2.11. The molecule has 2 amide bonds. The number of benzene rings is 1. The standard InChI is InChI=1S/C16H22N2O4/c1-4-5-10-22-16(21)13-6-8-14(9-7-13)18-15(20)11(2)17-12(3)19/h6-9,11H,4-5,10H2,1-3H3,(H,17,19)(H,18,20). The van der Waals surface area contributed by atoms with E-state index in [1.54, 1.807) is 31.2 Å². The van der Waals surface area contributed by atoms with Crippen molar-refractivity contribution in [2.75, 3.05) is 11.9 Å². The van der Waals surface area contributed by atoms with Crippen LogP contribution in [0, 0.1) is 0 Å². The first kappa shape index (κ1) is 17.7. The van der Waals surface area contributed by atoms with Crippen LogP contribution in [0.15, 0.2) is 24.3 Å². The summed E-state index contributed by atoms with van der Waals surface area (Å²) in [5, 5.41) is 5.16. The molecule has 0 bridgehead atoms. The molecule has 0 spiro atoms. The minimum absolute atomic E-state index is 0.271. The number of esters is 1. The van der Waals surface area contributed by atoms with Gasteiger partial charge in [-0.3, -0.25) is 9.59 Å². The third-order valence-corrected chi connectivity index (χ3v) is 2.93. The van der Waals surface area contributed by atoms with Crippen molar-refractivity contribution in [2.45, 2.75) is 39.7 Å². The summed E-state index contributed by atoms with van der Waals surface area (Å²) in [6, 6.07) is 5.79. The normalized spacial score (nSPS) is 11.4. The molecule has 1 aromatic rings. The van der Waals surface area contributed by atoms with Crippen molar-refractivity contribution in [1.82, 2.24) is 5.32 Å². The van der Waals surface area contributed by atoms with Crippen molar-refractivity contribution < 1.29 is 19.1 Å². The number of hydrogen-bond donors (Lipinski definition) is 2. The lowest BCUT2D eigenvalue weighted by molar-refractivity contribution is -0.124. The molecule has 1 aromatic carbocycles. The van der Waals surface area contributed by atoms with Gasteiger partial charge in [0.05, 0.1) is 12.2 Å². The number of hydrogen-bond acceptors (Lipinski definition) is 4. The summed E-state index contributed by atoms with van der Waals surface area (Å²) >= 11 is 0. The molecule has 2 N–H and O–H groups in total. The van der Waals surface area contributed by atoms with Gasteiger partial charge in [0.15, 0.2) is 0 Å². The van der Waals surface area contributed by atoms with E-state index in [9.17, 15) is 14.4 Å². The van der Waals surface area contributed by atoms with Crippen LogP contribution in [0.3, 0.4) is 0 Å². The molecule has 120 valence electrons. The number of amides is 2. The second kappa shape index (κ2) is 8.81. The van der Waals surface area contributed by atoms with Gasteiger partial charge in [0.25, 0.3) is 0 Å². The summed E-state index contributed by atoms with van der Waals surface area (Å²) in [6.07, 6.45) is 1.80. The van der Waals surface area contributed by atoms with Gasteiger partial charge < -0.3 is 15.4 Å². The summed E-state index contributed by atoms with van der Waals surface area (Å²) in [7, 11) is 0. The predicted molar refractivity (Wildman–Crippen MR) is 83.5 cm³/mol. The van der Waals surface area contributed by atoms with Gasteiger partial charge in [0.2, 0.25) is 11.8 Å². The van der Waals surface area contributed by atoms with Gasteiger partial charge in [0, 0.05) is 12.6 Å². The molecule has 0 heterocycles. The number of anilines is 1. The maximum atomic E-state index is 11.8. The van der Waals surface area contributed by atoms with Gasteiger partial charge in [-0.2, -0.15) is 0 Å². The first-order chi connectivity index (χ1) is 10.4. The molecule has 22 heavy (non-hydrogen) atoms. The molecular weight excluding hydrogens is 284 g/mol. The lowest BCUT2D eigenvalue weighted by Gasteiger charge is -2.13. The Labute approximate surface area is 130 Å². The topological polar surface area (TPSA) is 84.5 Å². The number of carbonyl (C=O) groups excluding carboxylic acids is 3. The summed E-state index contributed by atoms with van der Waals surface area (Å²) in [6.45, 7) is 5.37. The first-order valence-electron chi connectivity index (χ1n) is 7.29. The van der Waals surface area contributed by atoms with Crippen LogP contribution in [-0.2, 0) is 14.3 Å². The SMILES string of the molecule is CCCCOC(=O)c1ccc(NC(=O)C(C)NC(C)=O)cc1. The summed E-state index contributed by atoms with van der Waals surface area (Å²) in [5.74, 6) is -0.973. The van der Waals surface area contributed by atoms with E-state index in [4.69, 9.17) is 4.74 Å². The van der Waals surface area contributed by atoms with E-state index < -0.39 is 6.04 Å². The van der Waals surface area contributed by atoms with E-state index in [1.165, 1.54) is 6.92 Å². The molecule has 1 unspecified atom stereocenters. The Balaban J connectivity index is 2.56. The number of nitrogens with one attached hydrogen (secondary N) is 2. The summed E-state index contributed by atoms with van der Waals surface area (Å²) in [5.41, 5.74) is 0.983. The lowest BCUT2D eigenvalue weighted by Crippen LogP contribution is -2.40. The van der Waals surface area contributed by atoms with Gasteiger partial charge in [-0.25, -0.2) is 4.79 Å². The Bertz CT molecular complexity index is 525. The van der Waals surface area contributed by atoms with E-state index in [1.807, 2.05) is 6.92 Å². The van der Waals surface area contributed by atoms with Crippen molar-refractivity contribution >= 4 is 23.5 Å². The maximum Gasteiger partial charge on any atom is 0.338 e. The van der Waals surface area contributed by atoms with Gasteiger partial charge in [-0.15, -0.1) is 0 Å². The van der Waals surface area contributed by atoms with Crippen LogP contribution in [0.5, 0.6) is 0 Å². The van der Waals surface area contributed by atoms with Crippen LogP contribution in [0.25, 0.3) is 0 Å². The maximum absolute atomic E-state index is 11.8. The molecule has 0 fully saturated rings. The highest BCUT2D eigenvalue weighted by atomic mass is 16.5. The van der Waals surface area contributed by atoms with Gasteiger partial charge in [0.1, 0.15) is 6.04 Å². The van der Waals surface area contributed by atoms with E-state index in [0.717, 1.165) is 12.8 Å². The molecule has 0 aliphatic carbocycles. The van der Waals surface area contributed by atoms with Crippen LogP contribution in [-0.4, -0.2) is 30.4 Å². The second-order valence-electron chi connectivity index (χ2n) is 4.98. The van der Waals surface area contributed by atoms with E-state index in [0.29, 0.717) is 17.9 Å². The van der Waals surface area contributed by atoms with E-state index >= 15 is 0 Å². The molecule has 0 saturated heterocycles. The molecular formula is C16H22N2O4. The minimum Gasteiger partial charge on any atom is -0.462 e. The fourth-order valence-electron chi connectivity index (χ4n) is 1.70. The van der Waals surface area contributed by atoms with Crippen LogP contribution in [0.2, 0.25) is 0 Å². The predicted octanol–water partition coefficient (Wildman–Crippen LogP) is 2.11. The van der Waals surface area contributed by atoms with Crippen molar-refractivity contribution in [3.63, 3.8) is 0 Å². The van der Waals surface area contributed by atoms with Crippen molar-refractivity contribution in [1.29, 1.82) is 0 Å².